The topological polar surface area (TPSA) is 83.6 Å². The normalized spacial score (nSPS) is 12.4. The molecule has 1 unspecified atom stereocenters. The zero-order valence-electron chi connectivity index (χ0n) is 11.2. The van der Waals surface area contributed by atoms with E-state index in [4.69, 9.17) is 0 Å². The molecular weight excluding hydrogens is 242 g/mol. The van der Waals surface area contributed by atoms with Crippen LogP contribution in [0.15, 0.2) is 24.5 Å². The first-order chi connectivity index (χ1) is 9.08. The van der Waals surface area contributed by atoms with Crippen molar-refractivity contribution in [3.8, 4) is 0 Å². The summed E-state index contributed by atoms with van der Waals surface area (Å²) < 4.78 is 0. The third-order valence-corrected chi connectivity index (χ3v) is 2.81. The van der Waals surface area contributed by atoms with Crippen LogP contribution in [0.5, 0.6) is 0 Å². The van der Waals surface area contributed by atoms with E-state index in [1.165, 1.54) is 0 Å². The second-order valence-corrected chi connectivity index (χ2v) is 4.67. The van der Waals surface area contributed by atoms with Crippen LogP contribution in [0.4, 0.5) is 0 Å². The van der Waals surface area contributed by atoms with Crippen molar-refractivity contribution in [2.75, 3.05) is 0 Å². The minimum atomic E-state index is -0.285. The molecule has 0 aromatic carbocycles. The lowest BCUT2D eigenvalue weighted by Crippen LogP contribution is -2.27. The van der Waals surface area contributed by atoms with Crippen molar-refractivity contribution >= 4 is 5.91 Å². The summed E-state index contributed by atoms with van der Waals surface area (Å²) in [4.78, 5) is 20.1. The quantitative estimate of drug-likeness (QED) is 0.877. The van der Waals surface area contributed by atoms with Gasteiger partial charge in [0.25, 0.3) is 5.91 Å². The van der Waals surface area contributed by atoms with E-state index in [1.54, 1.807) is 12.4 Å². The van der Waals surface area contributed by atoms with Gasteiger partial charge in [0.15, 0.2) is 0 Å². The van der Waals surface area contributed by atoms with E-state index >= 15 is 0 Å². The molecule has 1 atom stereocenters. The van der Waals surface area contributed by atoms with Crippen molar-refractivity contribution in [2.24, 2.45) is 0 Å². The maximum absolute atomic E-state index is 12.0. The molecule has 6 nitrogen and oxygen atoms in total. The Labute approximate surface area is 111 Å². The number of H-pyrrole nitrogens is 1. The summed E-state index contributed by atoms with van der Waals surface area (Å²) in [5.74, 6) is 0.811. The fourth-order valence-electron chi connectivity index (χ4n) is 1.63. The van der Waals surface area contributed by atoms with Crippen LogP contribution in [-0.2, 0) is 0 Å². The van der Waals surface area contributed by atoms with Crippen LogP contribution in [0, 0.1) is 0 Å². The van der Waals surface area contributed by atoms with Crippen LogP contribution < -0.4 is 5.32 Å². The van der Waals surface area contributed by atoms with Crippen molar-refractivity contribution < 1.29 is 4.79 Å². The van der Waals surface area contributed by atoms with Crippen molar-refractivity contribution in [3.63, 3.8) is 0 Å². The first kappa shape index (κ1) is 13.2. The molecule has 100 valence electrons. The van der Waals surface area contributed by atoms with Gasteiger partial charge in [-0.25, -0.2) is 4.98 Å². The van der Waals surface area contributed by atoms with Crippen LogP contribution in [-0.4, -0.2) is 26.1 Å². The Bertz CT molecular complexity index is 549. The van der Waals surface area contributed by atoms with Crippen molar-refractivity contribution in [3.05, 3.63) is 41.7 Å². The summed E-state index contributed by atoms with van der Waals surface area (Å²) >= 11 is 0. The minimum absolute atomic E-state index is 0.114. The Balaban J connectivity index is 2.04. The smallest absolute Gasteiger partial charge is 0.291 e. The molecule has 2 N–H and O–H groups in total. The van der Waals surface area contributed by atoms with Gasteiger partial charge in [-0.1, -0.05) is 13.8 Å². The molecule has 0 spiro atoms. The third kappa shape index (κ3) is 3.15. The molecule has 2 aromatic rings. The van der Waals surface area contributed by atoms with Crippen LogP contribution in [0.2, 0.25) is 0 Å². The average molecular weight is 259 g/mol. The van der Waals surface area contributed by atoms with E-state index in [0.29, 0.717) is 5.82 Å². The lowest BCUT2D eigenvalue weighted by molar-refractivity contribution is 0.0929. The van der Waals surface area contributed by atoms with Crippen LogP contribution in [0.3, 0.4) is 0 Å². The highest BCUT2D eigenvalue weighted by Gasteiger charge is 2.16. The van der Waals surface area contributed by atoms with E-state index in [-0.39, 0.29) is 23.7 Å². The van der Waals surface area contributed by atoms with E-state index in [2.05, 4.69) is 25.5 Å². The predicted octanol–water partition coefficient (Wildman–Crippen LogP) is 1.81. The number of aromatic nitrogens is 4. The summed E-state index contributed by atoms with van der Waals surface area (Å²) in [6, 6.07) is 3.61. The Hall–Kier alpha value is -2.24. The molecule has 0 aliphatic carbocycles. The molecule has 0 bridgehead atoms. The number of carbonyl (C=O) groups excluding carboxylic acids is 1. The predicted molar refractivity (Wildman–Crippen MR) is 70.6 cm³/mol. The number of carbonyl (C=O) groups is 1. The summed E-state index contributed by atoms with van der Waals surface area (Å²) in [7, 11) is 0. The Morgan fingerprint density at radius 1 is 1.26 bits per heavy atom. The van der Waals surface area contributed by atoms with Gasteiger partial charge in [-0.05, 0) is 24.6 Å². The molecule has 2 rings (SSSR count). The van der Waals surface area contributed by atoms with Crippen molar-refractivity contribution in [2.45, 2.75) is 32.7 Å². The molecule has 2 aromatic heterocycles. The number of pyridine rings is 1. The van der Waals surface area contributed by atoms with Crippen LogP contribution in [0.1, 0.15) is 54.7 Å². The van der Waals surface area contributed by atoms with Gasteiger partial charge in [-0.15, -0.1) is 5.10 Å². The highest BCUT2D eigenvalue weighted by molar-refractivity contribution is 5.90. The summed E-state index contributed by atoms with van der Waals surface area (Å²) in [6.07, 6.45) is 3.39. The van der Waals surface area contributed by atoms with Crippen molar-refractivity contribution in [1.29, 1.82) is 0 Å². The van der Waals surface area contributed by atoms with Crippen LogP contribution in [0.25, 0.3) is 0 Å². The van der Waals surface area contributed by atoms with Gasteiger partial charge in [0.05, 0.1) is 6.04 Å². The lowest BCUT2D eigenvalue weighted by atomic mass is 10.1. The molecule has 19 heavy (non-hydrogen) atoms. The van der Waals surface area contributed by atoms with E-state index in [1.807, 2.05) is 32.9 Å². The van der Waals surface area contributed by atoms with Gasteiger partial charge in [0.2, 0.25) is 5.82 Å². The fourth-order valence-corrected chi connectivity index (χ4v) is 1.63. The molecule has 0 saturated carbocycles. The number of hydrogen-bond acceptors (Lipinski definition) is 4. The lowest BCUT2D eigenvalue weighted by Gasteiger charge is -2.12. The maximum atomic E-state index is 12.0. The monoisotopic (exact) mass is 259 g/mol. The second-order valence-electron chi connectivity index (χ2n) is 4.67. The molecule has 1 amide bonds. The Morgan fingerprint density at radius 2 is 1.95 bits per heavy atom. The van der Waals surface area contributed by atoms with E-state index < -0.39 is 0 Å². The van der Waals surface area contributed by atoms with Gasteiger partial charge in [0.1, 0.15) is 5.82 Å². The zero-order chi connectivity index (χ0) is 13.8. The molecule has 0 fully saturated rings. The number of hydrogen-bond donors (Lipinski definition) is 2. The standard InChI is InChI=1S/C13H17N5O/c1-8(2)11-16-12(18-17-11)13(19)15-9(3)10-4-6-14-7-5-10/h4-9H,1-3H3,(H,15,19)(H,16,17,18). The summed E-state index contributed by atoms with van der Waals surface area (Å²) in [5, 5.41) is 9.54. The molecule has 0 radical (unpaired) electrons. The zero-order valence-corrected chi connectivity index (χ0v) is 11.2. The first-order valence-corrected chi connectivity index (χ1v) is 6.21. The van der Waals surface area contributed by atoms with Crippen LogP contribution >= 0.6 is 0 Å². The molecule has 0 saturated heterocycles. The van der Waals surface area contributed by atoms with Crippen molar-refractivity contribution in [1.82, 2.24) is 25.5 Å². The number of rotatable bonds is 4. The van der Waals surface area contributed by atoms with E-state index in [9.17, 15) is 4.79 Å². The number of amides is 1. The molecular formula is C13H17N5O. The van der Waals surface area contributed by atoms with Gasteiger partial charge >= 0.3 is 0 Å². The SMILES string of the molecule is CC(C)c1nc(C(=O)NC(C)c2ccncc2)n[nH]1. The molecule has 6 heteroatoms. The summed E-state index contributed by atoms with van der Waals surface area (Å²) in [5.41, 5.74) is 0.989. The Kier molecular flexibility index (Phi) is 3.89. The minimum Gasteiger partial charge on any atom is -0.343 e. The molecule has 0 aliphatic rings. The van der Waals surface area contributed by atoms with Gasteiger partial charge < -0.3 is 5.32 Å². The van der Waals surface area contributed by atoms with Gasteiger partial charge in [-0.3, -0.25) is 14.9 Å². The molecule has 2 heterocycles. The van der Waals surface area contributed by atoms with Gasteiger partial charge in [-0.2, -0.15) is 0 Å². The largest absolute Gasteiger partial charge is 0.343 e. The number of aromatic amines is 1. The average Bonchev–Trinajstić information content (AvgIpc) is 2.89. The fraction of sp³-hybridized carbons (Fsp3) is 0.385. The van der Waals surface area contributed by atoms with E-state index in [0.717, 1.165) is 5.56 Å². The highest BCUT2D eigenvalue weighted by Crippen LogP contribution is 2.12. The van der Waals surface area contributed by atoms with Gasteiger partial charge in [0, 0.05) is 18.3 Å². The second kappa shape index (κ2) is 5.60. The number of nitrogens with zero attached hydrogens (tertiary/aromatic N) is 3. The molecule has 0 aliphatic heterocycles. The third-order valence-electron chi connectivity index (χ3n) is 2.81. The highest BCUT2D eigenvalue weighted by atomic mass is 16.2. The summed E-state index contributed by atoms with van der Waals surface area (Å²) in [6.45, 7) is 5.88. The maximum Gasteiger partial charge on any atom is 0.291 e. The number of nitrogens with one attached hydrogen (secondary N) is 2. The first-order valence-electron chi connectivity index (χ1n) is 6.21. The Morgan fingerprint density at radius 3 is 2.53 bits per heavy atom.